The lowest BCUT2D eigenvalue weighted by Crippen LogP contribution is -1.77. The molecule has 2 heteroatoms. The van der Waals surface area contributed by atoms with Crippen molar-refractivity contribution < 1.29 is 0 Å². The van der Waals surface area contributed by atoms with Gasteiger partial charge in [0, 0.05) is 0 Å². The zero-order valence-corrected chi connectivity index (χ0v) is 10.3. The van der Waals surface area contributed by atoms with Gasteiger partial charge in [0.05, 0.1) is 17.4 Å². The summed E-state index contributed by atoms with van der Waals surface area (Å²) in [5.74, 6) is 0. The van der Waals surface area contributed by atoms with Gasteiger partial charge in [-0.15, -0.1) is 0 Å². The maximum absolute atomic E-state index is 4.06. The molecular weight excluding hydrogens is 220 g/mol. The van der Waals surface area contributed by atoms with Crippen LogP contribution in [0.4, 0.5) is 0 Å². The van der Waals surface area contributed by atoms with Crippen molar-refractivity contribution in [3.63, 3.8) is 0 Å². The lowest BCUT2D eigenvalue weighted by atomic mass is 10.1. The number of aryl methyl sites for hydroxylation is 2. The van der Waals surface area contributed by atoms with Crippen molar-refractivity contribution in [1.82, 2.24) is 9.97 Å². The molecule has 0 bridgehead atoms. The number of aromatic amines is 1. The molecule has 0 saturated carbocycles. The quantitative estimate of drug-likeness (QED) is 0.633. The predicted octanol–water partition coefficient (Wildman–Crippen LogP) is 3.74. The lowest BCUT2D eigenvalue weighted by molar-refractivity contribution is 0.912. The van der Waals surface area contributed by atoms with Gasteiger partial charge >= 0.3 is 0 Å². The smallest absolute Gasteiger partial charge is 0.0931 e. The maximum atomic E-state index is 4.06. The van der Waals surface area contributed by atoms with Gasteiger partial charge < -0.3 is 4.98 Å². The van der Waals surface area contributed by atoms with Gasteiger partial charge in [0.15, 0.2) is 0 Å². The summed E-state index contributed by atoms with van der Waals surface area (Å²) in [7, 11) is 0. The minimum Gasteiger partial charge on any atom is -0.345 e. The van der Waals surface area contributed by atoms with Crippen LogP contribution in [0.5, 0.6) is 0 Å². The molecule has 1 aliphatic carbocycles. The standard InChI is InChI=1S/C9H10.C7H6N2/c1-2-5-9-7-3-6-8(9)4-1;1-2-4-7-6(3-1)8-5-9-7/h1-2,4-5H,3,6-7H2;1-5H,(H,8,9). The Morgan fingerprint density at radius 3 is 2.22 bits per heavy atom. The van der Waals surface area contributed by atoms with Crippen molar-refractivity contribution in [1.29, 1.82) is 0 Å². The van der Waals surface area contributed by atoms with Crippen molar-refractivity contribution >= 4 is 11.0 Å². The molecule has 90 valence electrons. The highest BCUT2D eigenvalue weighted by molar-refractivity contribution is 5.73. The van der Waals surface area contributed by atoms with E-state index < -0.39 is 0 Å². The number of nitrogens with zero attached hydrogens (tertiary/aromatic N) is 1. The Hall–Kier alpha value is -2.09. The Kier molecular flexibility index (Phi) is 3.09. The molecule has 1 heterocycles. The van der Waals surface area contributed by atoms with Crippen molar-refractivity contribution in [2.75, 3.05) is 0 Å². The summed E-state index contributed by atoms with van der Waals surface area (Å²) < 4.78 is 0. The van der Waals surface area contributed by atoms with Crippen LogP contribution < -0.4 is 0 Å². The van der Waals surface area contributed by atoms with Crippen LogP contribution in [0.1, 0.15) is 17.5 Å². The predicted molar refractivity (Wildman–Crippen MR) is 74.6 cm³/mol. The van der Waals surface area contributed by atoms with Gasteiger partial charge in [0.1, 0.15) is 0 Å². The molecule has 0 atom stereocenters. The van der Waals surface area contributed by atoms with Crippen LogP contribution in [0.25, 0.3) is 11.0 Å². The number of hydrogen-bond donors (Lipinski definition) is 1. The van der Waals surface area contributed by atoms with Gasteiger partial charge in [-0.25, -0.2) is 4.98 Å². The molecule has 2 aromatic carbocycles. The highest BCUT2D eigenvalue weighted by Crippen LogP contribution is 2.20. The van der Waals surface area contributed by atoms with Crippen LogP contribution in [-0.4, -0.2) is 9.97 Å². The number of aromatic nitrogens is 2. The lowest BCUT2D eigenvalue weighted by Gasteiger charge is -1.93. The summed E-state index contributed by atoms with van der Waals surface area (Å²) in [5, 5.41) is 0. The monoisotopic (exact) mass is 236 g/mol. The fourth-order valence-corrected chi connectivity index (χ4v) is 2.39. The van der Waals surface area contributed by atoms with E-state index in [4.69, 9.17) is 0 Å². The number of nitrogens with one attached hydrogen (secondary N) is 1. The van der Waals surface area contributed by atoms with Gasteiger partial charge in [0.2, 0.25) is 0 Å². The molecular formula is C16H16N2. The van der Waals surface area contributed by atoms with Crippen molar-refractivity contribution in [2.45, 2.75) is 19.3 Å². The number of imidazole rings is 1. The zero-order valence-electron chi connectivity index (χ0n) is 10.3. The molecule has 2 nitrogen and oxygen atoms in total. The Morgan fingerprint density at radius 1 is 0.833 bits per heavy atom. The van der Waals surface area contributed by atoms with Crippen LogP contribution in [-0.2, 0) is 12.8 Å². The zero-order chi connectivity index (χ0) is 12.2. The second-order valence-electron chi connectivity index (χ2n) is 4.54. The third-order valence-corrected chi connectivity index (χ3v) is 3.34. The first-order chi connectivity index (χ1) is 8.93. The largest absolute Gasteiger partial charge is 0.345 e. The fraction of sp³-hybridized carbons (Fsp3) is 0.188. The molecule has 0 radical (unpaired) electrons. The Balaban J connectivity index is 0.000000111. The van der Waals surface area contributed by atoms with Crippen molar-refractivity contribution in [2.24, 2.45) is 0 Å². The van der Waals surface area contributed by atoms with E-state index in [1.54, 1.807) is 17.5 Å². The summed E-state index contributed by atoms with van der Waals surface area (Å²) in [6.07, 6.45) is 5.66. The Morgan fingerprint density at radius 2 is 1.50 bits per heavy atom. The molecule has 0 aliphatic heterocycles. The van der Waals surface area contributed by atoms with E-state index in [-0.39, 0.29) is 0 Å². The number of hydrogen-bond acceptors (Lipinski definition) is 1. The second kappa shape index (κ2) is 5.05. The highest BCUT2D eigenvalue weighted by Gasteiger charge is 2.07. The molecule has 1 N–H and O–H groups in total. The van der Waals surface area contributed by atoms with Crippen LogP contribution >= 0.6 is 0 Å². The van der Waals surface area contributed by atoms with Gasteiger partial charge in [-0.1, -0.05) is 36.4 Å². The number of H-pyrrole nitrogens is 1. The van der Waals surface area contributed by atoms with E-state index in [0.717, 1.165) is 11.0 Å². The Bertz CT molecular complexity index is 587. The number of para-hydroxylation sites is 2. The highest BCUT2D eigenvalue weighted by atomic mass is 14.9. The molecule has 3 aromatic rings. The molecule has 0 fully saturated rings. The van der Waals surface area contributed by atoms with Crippen LogP contribution in [0.15, 0.2) is 54.9 Å². The molecule has 1 aromatic heterocycles. The van der Waals surface area contributed by atoms with Gasteiger partial charge in [-0.05, 0) is 42.5 Å². The first-order valence-electron chi connectivity index (χ1n) is 6.38. The molecule has 18 heavy (non-hydrogen) atoms. The molecule has 0 saturated heterocycles. The average molecular weight is 236 g/mol. The van der Waals surface area contributed by atoms with E-state index >= 15 is 0 Å². The molecule has 0 amide bonds. The first-order valence-corrected chi connectivity index (χ1v) is 6.38. The fourth-order valence-electron chi connectivity index (χ4n) is 2.39. The summed E-state index contributed by atoms with van der Waals surface area (Å²) in [4.78, 5) is 7.07. The second-order valence-corrected chi connectivity index (χ2v) is 4.54. The number of fused-ring (bicyclic) bond motifs is 2. The minimum atomic E-state index is 1.03. The number of rotatable bonds is 0. The third-order valence-electron chi connectivity index (χ3n) is 3.34. The summed E-state index contributed by atoms with van der Waals surface area (Å²) in [6, 6.07) is 16.7. The Labute approximate surface area is 107 Å². The summed E-state index contributed by atoms with van der Waals surface area (Å²) in [6.45, 7) is 0. The van der Waals surface area contributed by atoms with E-state index in [0.29, 0.717) is 0 Å². The van der Waals surface area contributed by atoms with E-state index in [9.17, 15) is 0 Å². The van der Waals surface area contributed by atoms with Crippen LogP contribution in [0.3, 0.4) is 0 Å². The minimum absolute atomic E-state index is 1.03. The molecule has 4 rings (SSSR count). The summed E-state index contributed by atoms with van der Waals surface area (Å²) in [5.41, 5.74) is 5.25. The number of benzene rings is 2. The molecule has 1 aliphatic rings. The van der Waals surface area contributed by atoms with E-state index in [1.807, 2.05) is 24.3 Å². The van der Waals surface area contributed by atoms with Crippen LogP contribution in [0.2, 0.25) is 0 Å². The van der Waals surface area contributed by atoms with Gasteiger partial charge in [0.25, 0.3) is 0 Å². The molecule has 0 spiro atoms. The van der Waals surface area contributed by atoms with Gasteiger partial charge in [-0.3, -0.25) is 0 Å². The topological polar surface area (TPSA) is 28.7 Å². The van der Waals surface area contributed by atoms with E-state index in [1.165, 1.54) is 19.3 Å². The van der Waals surface area contributed by atoms with Crippen molar-refractivity contribution in [3.8, 4) is 0 Å². The SMILES string of the molecule is c1ccc2[nH]cnc2c1.c1ccc2c(c1)CCC2. The van der Waals surface area contributed by atoms with Gasteiger partial charge in [-0.2, -0.15) is 0 Å². The van der Waals surface area contributed by atoms with E-state index in [2.05, 4.69) is 34.2 Å². The first kappa shape index (κ1) is 11.0. The maximum Gasteiger partial charge on any atom is 0.0931 e. The average Bonchev–Trinajstić information content (AvgIpc) is 3.08. The summed E-state index contributed by atoms with van der Waals surface area (Å²) >= 11 is 0. The third kappa shape index (κ3) is 2.28. The normalized spacial score (nSPS) is 12.9. The molecule has 0 unspecified atom stereocenters. The van der Waals surface area contributed by atoms with Crippen molar-refractivity contribution in [3.05, 3.63) is 66.0 Å². The van der Waals surface area contributed by atoms with Crippen LogP contribution in [0, 0.1) is 0 Å².